The van der Waals surface area contributed by atoms with Gasteiger partial charge in [-0.15, -0.1) is 11.3 Å². The molecule has 1 N–H and O–H groups in total. The molecule has 2 atom stereocenters. The van der Waals surface area contributed by atoms with Gasteiger partial charge in [0, 0.05) is 36.1 Å². The second-order valence-corrected chi connectivity index (χ2v) is 10.3. The average Bonchev–Trinajstić information content (AvgIpc) is 3.36. The molecular formula is C27H35N3O3S. The number of piperidine rings is 1. The molecule has 7 heteroatoms. The number of ether oxygens (including phenoxy) is 1. The van der Waals surface area contributed by atoms with Crippen LogP contribution < -0.4 is 4.74 Å². The predicted octanol–water partition coefficient (Wildman–Crippen LogP) is 5.46. The lowest BCUT2D eigenvalue weighted by Crippen LogP contribution is -2.41. The number of carbonyl (C=O) groups is 1. The molecule has 34 heavy (non-hydrogen) atoms. The van der Waals surface area contributed by atoms with Gasteiger partial charge in [0.25, 0.3) is 0 Å². The molecule has 1 aromatic carbocycles. The van der Waals surface area contributed by atoms with Gasteiger partial charge < -0.3 is 14.7 Å². The molecule has 0 radical (unpaired) electrons. The Hall–Kier alpha value is -2.51. The van der Waals surface area contributed by atoms with Crippen LogP contribution in [0.4, 0.5) is 0 Å². The van der Waals surface area contributed by atoms with Crippen LogP contribution in [-0.2, 0) is 17.6 Å². The number of hydrogen-bond donors (Lipinski definition) is 1. The van der Waals surface area contributed by atoms with E-state index in [-0.39, 0.29) is 12.3 Å². The van der Waals surface area contributed by atoms with Crippen molar-refractivity contribution in [1.82, 2.24) is 14.9 Å². The minimum atomic E-state index is -0.673. The van der Waals surface area contributed by atoms with Crippen LogP contribution in [0.2, 0.25) is 0 Å². The molecule has 0 aliphatic carbocycles. The van der Waals surface area contributed by atoms with E-state index in [4.69, 9.17) is 4.74 Å². The number of carboxylic acid groups (broad SMARTS) is 1. The lowest BCUT2D eigenvalue weighted by atomic mass is 9.79. The molecule has 0 amide bonds. The minimum Gasteiger partial charge on any atom is -0.497 e. The zero-order valence-electron chi connectivity index (χ0n) is 20.0. The maximum Gasteiger partial charge on any atom is 0.303 e. The van der Waals surface area contributed by atoms with Crippen molar-refractivity contribution < 1.29 is 14.6 Å². The summed E-state index contributed by atoms with van der Waals surface area (Å²) in [5.41, 5.74) is 2.28. The highest BCUT2D eigenvalue weighted by molar-refractivity contribution is 7.09. The number of methoxy groups -OCH3 is 1. The standard InChI is InChI=1S/C27H35N3O3S/c1-33-23-8-9-25-24(18-23)21(10-12-28-25)6-4-5-20-11-15-30(19-22(20)17-27(31)32)14-3-2-7-26-29-13-16-34-26/h8-10,12-13,16,18,20,22H,2-7,11,14-15,17,19H2,1H3,(H,31,32)/t20-,22+/m1/s1. The maximum atomic E-state index is 11.6. The van der Waals surface area contributed by atoms with Gasteiger partial charge >= 0.3 is 5.97 Å². The number of thiazole rings is 1. The summed E-state index contributed by atoms with van der Waals surface area (Å²) in [6, 6.07) is 8.12. The van der Waals surface area contributed by atoms with Crippen LogP contribution in [0, 0.1) is 11.8 Å². The topological polar surface area (TPSA) is 75.5 Å². The van der Waals surface area contributed by atoms with Crippen LogP contribution in [0.1, 0.15) is 49.1 Å². The molecule has 1 aliphatic rings. The van der Waals surface area contributed by atoms with Crippen molar-refractivity contribution in [2.75, 3.05) is 26.7 Å². The Kier molecular flexibility index (Phi) is 8.88. The lowest BCUT2D eigenvalue weighted by molar-refractivity contribution is -0.139. The Morgan fingerprint density at radius 1 is 1.15 bits per heavy atom. The Labute approximate surface area is 206 Å². The van der Waals surface area contributed by atoms with Gasteiger partial charge in [0.1, 0.15) is 5.75 Å². The first kappa shape index (κ1) is 24.6. The normalized spacial score (nSPS) is 18.9. The van der Waals surface area contributed by atoms with E-state index in [0.717, 1.165) is 81.2 Å². The number of benzene rings is 1. The number of rotatable bonds is 12. The van der Waals surface area contributed by atoms with Crippen LogP contribution in [-0.4, -0.2) is 52.7 Å². The minimum absolute atomic E-state index is 0.236. The van der Waals surface area contributed by atoms with Crippen LogP contribution in [0.15, 0.2) is 42.0 Å². The van der Waals surface area contributed by atoms with Gasteiger partial charge in [-0.2, -0.15) is 0 Å². The predicted molar refractivity (Wildman–Crippen MR) is 137 cm³/mol. The van der Waals surface area contributed by atoms with Crippen molar-refractivity contribution in [3.05, 3.63) is 52.6 Å². The van der Waals surface area contributed by atoms with Gasteiger partial charge in [-0.1, -0.05) is 0 Å². The molecule has 0 bridgehead atoms. The Morgan fingerprint density at radius 3 is 2.85 bits per heavy atom. The lowest BCUT2D eigenvalue weighted by Gasteiger charge is -2.38. The summed E-state index contributed by atoms with van der Waals surface area (Å²) in [5.74, 6) is 0.889. The molecular weight excluding hydrogens is 446 g/mol. The van der Waals surface area contributed by atoms with Crippen LogP contribution in [0.25, 0.3) is 10.9 Å². The number of unbranched alkanes of at least 4 members (excludes halogenated alkanes) is 1. The van der Waals surface area contributed by atoms with Crippen LogP contribution in [0.3, 0.4) is 0 Å². The molecule has 1 fully saturated rings. The van der Waals surface area contributed by atoms with Crippen LogP contribution >= 0.6 is 11.3 Å². The number of aryl methyl sites for hydroxylation is 2. The highest BCUT2D eigenvalue weighted by Gasteiger charge is 2.30. The summed E-state index contributed by atoms with van der Waals surface area (Å²) >= 11 is 1.72. The fourth-order valence-corrected chi connectivity index (χ4v) is 5.93. The Morgan fingerprint density at radius 2 is 2.06 bits per heavy atom. The number of likely N-dealkylation sites (tertiary alicyclic amines) is 1. The number of hydrogen-bond acceptors (Lipinski definition) is 6. The molecule has 0 saturated carbocycles. The van der Waals surface area contributed by atoms with E-state index in [1.54, 1.807) is 18.4 Å². The van der Waals surface area contributed by atoms with Gasteiger partial charge in [-0.3, -0.25) is 9.78 Å². The molecule has 3 heterocycles. The molecule has 1 aliphatic heterocycles. The molecule has 0 unspecified atom stereocenters. The Bertz CT molecular complexity index is 1060. The molecule has 2 aromatic heterocycles. The van der Waals surface area contributed by atoms with Crippen molar-refractivity contribution in [3.8, 4) is 5.75 Å². The van der Waals surface area contributed by atoms with Gasteiger partial charge in [0.15, 0.2) is 0 Å². The molecule has 0 spiro atoms. The van der Waals surface area contributed by atoms with E-state index in [0.29, 0.717) is 5.92 Å². The first-order chi connectivity index (χ1) is 16.6. The van der Waals surface area contributed by atoms with E-state index in [1.807, 2.05) is 29.9 Å². The zero-order chi connectivity index (χ0) is 23.8. The van der Waals surface area contributed by atoms with E-state index in [1.165, 1.54) is 10.6 Å². The van der Waals surface area contributed by atoms with Crippen molar-refractivity contribution in [2.45, 2.75) is 51.4 Å². The van der Waals surface area contributed by atoms with Crippen molar-refractivity contribution in [3.63, 3.8) is 0 Å². The summed E-state index contributed by atoms with van der Waals surface area (Å²) in [7, 11) is 1.69. The summed E-state index contributed by atoms with van der Waals surface area (Å²) in [4.78, 5) is 22.9. The average molecular weight is 482 g/mol. The fourth-order valence-electron chi connectivity index (χ4n) is 5.26. The maximum absolute atomic E-state index is 11.6. The summed E-state index contributed by atoms with van der Waals surface area (Å²) in [5, 5.41) is 13.9. The van der Waals surface area contributed by atoms with E-state index < -0.39 is 5.97 Å². The first-order valence-electron chi connectivity index (χ1n) is 12.4. The van der Waals surface area contributed by atoms with Crippen molar-refractivity contribution in [1.29, 1.82) is 0 Å². The SMILES string of the molecule is COc1ccc2nccc(CCC[C@@H]3CCN(CCCCc4nccs4)C[C@@H]3CC(=O)O)c2c1. The fraction of sp³-hybridized carbons (Fsp3) is 0.519. The Balaban J connectivity index is 1.28. The summed E-state index contributed by atoms with van der Waals surface area (Å²) < 4.78 is 5.40. The van der Waals surface area contributed by atoms with Gasteiger partial charge in [-0.05, 0) is 99.7 Å². The summed E-state index contributed by atoms with van der Waals surface area (Å²) in [6.45, 7) is 3.04. The first-order valence-corrected chi connectivity index (χ1v) is 13.2. The number of aromatic nitrogens is 2. The highest BCUT2D eigenvalue weighted by atomic mass is 32.1. The number of aliphatic carboxylic acids is 1. The van der Waals surface area contributed by atoms with Crippen molar-refractivity contribution >= 4 is 28.2 Å². The number of carboxylic acids is 1. The second-order valence-electron chi connectivity index (χ2n) is 9.34. The largest absolute Gasteiger partial charge is 0.497 e. The third-order valence-corrected chi connectivity index (χ3v) is 7.91. The van der Waals surface area contributed by atoms with Gasteiger partial charge in [0.2, 0.25) is 0 Å². The second kappa shape index (κ2) is 12.3. The quantitative estimate of drug-likeness (QED) is 0.346. The smallest absolute Gasteiger partial charge is 0.303 e. The molecule has 3 aromatic rings. The zero-order valence-corrected chi connectivity index (χ0v) is 20.8. The summed E-state index contributed by atoms with van der Waals surface area (Å²) in [6.07, 6.45) is 11.6. The van der Waals surface area contributed by atoms with Gasteiger partial charge in [0.05, 0.1) is 17.6 Å². The molecule has 4 rings (SSSR count). The van der Waals surface area contributed by atoms with Crippen molar-refractivity contribution in [2.24, 2.45) is 11.8 Å². The molecule has 182 valence electrons. The number of fused-ring (bicyclic) bond motifs is 1. The van der Waals surface area contributed by atoms with Crippen LogP contribution in [0.5, 0.6) is 5.75 Å². The third kappa shape index (κ3) is 6.76. The highest BCUT2D eigenvalue weighted by Crippen LogP contribution is 2.32. The molecule has 1 saturated heterocycles. The van der Waals surface area contributed by atoms with E-state index in [9.17, 15) is 9.90 Å². The van der Waals surface area contributed by atoms with E-state index >= 15 is 0 Å². The van der Waals surface area contributed by atoms with E-state index in [2.05, 4.69) is 27.0 Å². The molecule has 6 nitrogen and oxygen atoms in total. The van der Waals surface area contributed by atoms with Gasteiger partial charge in [-0.25, -0.2) is 4.98 Å². The number of pyridine rings is 1. The number of nitrogens with zero attached hydrogens (tertiary/aromatic N) is 3. The third-order valence-electron chi connectivity index (χ3n) is 7.07. The monoisotopic (exact) mass is 481 g/mol.